The van der Waals surface area contributed by atoms with E-state index in [0.717, 1.165) is 0 Å². The molecular weight excluding hydrogens is 213 g/mol. The van der Waals surface area contributed by atoms with Crippen LogP contribution in [0.1, 0.15) is 18.1 Å². The molecule has 0 saturated carbocycles. The van der Waals surface area contributed by atoms with E-state index in [9.17, 15) is 5.11 Å². The summed E-state index contributed by atoms with van der Waals surface area (Å²) in [5, 5.41) is 17.0. The van der Waals surface area contributed by atoms with E-state index < -0.39 is 6.10 Å². The molecule has 0 radical (unpaired) electrons. The Balaban J connectivity index is 2.91. The van der Waals surface area contributed by atoms with Crippen LogP contribution in [0, 0.1) is 0 Å². The van der Waals surface area contributed by atoms with Crippen molar-refractivity contribution in [3.05, 3.63) is 21.9 Å². The van der Waals surface area contributed by atoms with Crippen molar-refractivity contribution < 1.29 is 5.11 Å². The summed E-state index contributed by atoms with van der Waals surface area (Å²) in [6, 6.07) is 1.48. The molecule has 0 aromatic carbocycles. The second kappa shape index (κ2) is 4.72. The van der Waals surface area contributed by atoms with Gasteiger partial charge in [-0.2, -0.15) is 0 Å². The fraction of sp³-hybridized carbons (Fsp3) is 0.429. The molecule has 4 nitrogen and oxygen atoms in total. The highest BCUT2D eigenvalue weighted by Gasteiger charge is 2.12. The normalized spacial score (nSPS) is 12.9. The molecule has 0 aliphatic carbocycles. The maximum Gasteiger partial charge on any atom is 0.157 e. The minimum Gasteiger partial charge on any atom is -0.388 e. The first-order chi connectivity index (χ1) is 6.15. The lowest BCUT2D eigenvalue weighted by molar-refractivity contribution is 0.170. The molecule has 0 amide bonds. The van der Waals surface area contributed by atoms with Crippen molar-refractivity contribution in [3.63, 3.8) is 0 Å². The molecule has 0 aliphatic heterocycles. The molecule has 1 aromatic heterocycles. The Bertz CT molecular complexity index is 295. The summed E-state index contributed by atoms with van der Waals surface area (Å²) in [5.41, 5.74) is 5.75. The van der Waals surface area contributed by atoms with E-state index in [1.807, 2.05) is 0 Å². The Morgan fingerprint density at radius 3 is 2.77 bits per heavy atom. The van der Waals surface area contributed by atoms with Crippen LogP contribution in [-0.2, 0) is 0 Å². The van der Waals surface area contributed by atoms with Crippen molar-refractivity contribution >= 4 is 23.2 Å². The average molecular weight is 222 g/mol. The largest absolute Gasteiger partial charge is 0.388 e. The number of aliphatic hydroxyl groups is 1. The summed E-state index contributed by atoms with van der Waals surface area (Å²) < 4.78 is 0. The second-order valence-electron chi connectivity index (χ2n) is 2.51. The van der Waals surface area contributed by atoms with Crippen LogP contribution in [0.15, 0.2) is 6.07 Å². The van der Waals surface area contributed by atoms with Crippen molar-refractivity contribution in [1.29, 1.82) is 0 Å². The third kappa shape index (κ3) is 2.77. The number of nitrogens with two attached hydrogens (primary N) is 1. The number of rotatable bonds is 3. The summed E-state index contributed by atoms with van der Waals surface area (Å²) in [5.74, 6) is 0. The average Bonchev–Trinajstić information content (AvgIpc) is 2.09. The van der Waals surface area contributed by atoms with Gasteiger partial charge in [0.2, 0.25) is 0 Å². The van der Waals surface area contributed by atoms with Crippen LogP contribution in [0.5, 0.6) is 0 Å². The van der Waals surface area contributed by atoms with Gasteiger partial charge in [-0.05, 0) is 19.0 Å². The van der Waals surface area contributed by atoms with Crippen LogP contribution in [0.4, 0.5) is 0 Å². The fourth-order valence-corrected chi connectivity index (χ4v) is 1.29. The smallest absolute Gasteiger partial charge is 0.157 e. The lowest BCUT2D eigenvalue weighted by atomic mass is 10.1. The molecule has 0 aliphatic rings. The molecule has 1 rings (SSSR count). The van der Waals surface area contributed by atoms with Crippen LogP contribution in [0.2, 0.25) is 10.3 Å². The topological polar surface area (TPSA) is 72.0 Å². The predicted octanol–water partition coefficient (Wildman–Crippen LogP) is 1.17. The number of hydrogen-bond acceptors (Lipinski definition) is 4. The van der Waals surface area contributed by atoms with Gasteiger partial charge in [0.1, 0.15) is 0 Å². The van der Waals surface area contributed by atoms with Gasteiger partial charge in [-0.1, -0.05) is 23.2 Å². The lowest BCUT2D eigenvalue weighted by Gasteiger charge is -2.09. The van der Waals surface area contributed by atoms with Crippen LogP contribution < -0.4 is 5.73 Å². The Morgan fingerprint density at radius 1 is 1.46 bits per heavy atom. The summed E-state index contributed by atoms with van der Waals surface area (Å²) in [6.45, 7) is 0.372. The summed E-state index contributed by atoms with van der Waals surface area (Å²) >= 11 is 11.3. The molecule has 72 valence electrons. The highest BCUT2D eigenvalue weighted by Crippen LogP contribution is 2.24. The van der Waals surface area contributed by atoms with Crippen molar-refractivity contribution in [1.82, 2.24) is 10.2 Å². The van der Waals surface area contributed by atoms with Crippen molar-refractivity contribution in [2.24, 2.45) is 5.73 Å². The molecule has 0 unspecified atom stereocenters. The molecule has 6 heteroatoms. The third-order valence-electron chi connectivity index (χ3n) is 1.55. The maximum absolute atomic E-state index is 9.53. The monoisotopic (exact) mass is 221 g/mol. The van der Waals surface area contributed by atoms with Gasteiger partial charge in [-0.25, -0.2) is 0 Å². The first kappa shape index (κ1) is 10.7. The molecule has 0 spiro atoms. The summed E-state index contributed by atoms with van der Waals surface area (Å²) in [4.78, 5) is 0. The Labute approximate surface area is 85.7 Å². The Morgan fingerprint density at radius 2 is 2.15 bits per heavy atom. The number of hydrogen-bond donors (Lipinski definition) is 2. The maximum atomic E-state index is 9.53. The predicted molar refractivity (Wildman–Crippen MR) is 50.7 cm³/mol. The molecule has 13 heavy (non-hydrogen) atoms. The van der Waals surface area contributed by atoms with Gasteiger partial charge in [0.05, 0.1) is 6.10 Å². The van der Waals surface area contributed by atoms with Gasteiger partial charge in [0.15, 0.2) is 10.3 Å². The number of nitrogens with zero attached hydrogens (tertiary/aromatic N) is 2. The quantitative estimate of drug-likeness (QED) is 0.804. The van der Waals surface area contributed by atoms with Crippen molar-refractivity contribution in [3.8, 4) is 0 Å². The first-order valence-corrected chi connectivity index (χ1v) is 4.47. The molecule has 1 heterocycles. The number of halogens is 2. The second-order valence-corrected chi connectivity index (χ2v) is 3.25. The lowest BCUT2D eigenvalue weighted by Crippen LogP contribution is -2.08. The van der Waals surface area contributed by atoms with Crippen LogP contribution in [0.25, 0.3) is 0 Å². The van der Waals surface area contributed by atoms with E-state index in [1.54, 1.807) is 0 Å². The van der Waals surface area contributed by atoms with Crippen molar-refractivity contribution in [2.75, 3.05) is 6.54 Å². The van der Waals surface area contributed by atoms with Gasteiger partial charge in [0.25, 0.3) is 0 Å². The molecule has 0 fully saturated rings. The van der Waals surface area contributed by atoms with E-state index in [1.165, 1.54) is 6.07 Å². The minimum atomic E-state index is -0.731. The molecule has 0 saturated heterocycles. The molecule has 0 bridgehead atoms. The van der Waals surface area contributed by atoms with Gasteiger partial charge >= 0.3 is 0 Å². The fourth-order valence-electron chi connectivity index (χ4n) is 0.913. The Hall–Kier alpha value is -0.420. The summed E-state index contributed by atoms with van der Waals surface area (Å²) in [7, 11) is 0. The highest BCUT2D eigenvalue weighted by molar-refractivity contribution is 6.31. The van der Waals surface area contributed by atoms with E-state index in [2.05, 4.69) is 10.2 Å². The zero-order chi connectivity index (χ0) is 9.84. The van der Waals surface area contributed by atoms with E-state index in [0.29, 0.717) is 18.5 Å². The van der Waals surface area contributed by atoms with Crippen LogP contribution >= 0.6 is 23.2 Å². The molecule has 3 N–H and O–H groups in total. The van der Waals surface area contributed by atoms with E-state index in [4.69, 9.17) is 28.9 Å². The SMILES string of the molecule is NCC[C@H](O)c1cc(Cl)nnc1Cl. The highest BCUT2D eigenvalue weighted by atomic mass is 35.5. The van der Waals surface area contributed by atoms with Gasteiger partial charge in [0, 0.05) is 5.56 Å². The standard InChI is InChI=1S/C7H9Cl2N3O/c8-6-3-4(5(13)1-2-10)7(9)12-11-6/h3,5,13H,1-2,10H2/t5-/m0/s1. The van der Waals surface area contributed by atoms with Gasteiger partial charge in [-0.3, -0.25) is 0 Å². The van der Waals surface area contributed by atoms with Crippen molar-refractivity contribution in [2.45, 2.75) is 12.5 Å². The van der Waals surface area contributed by atoms with Crippen LogP contribution in [-0.4, -0.2) is 21.8 Å². The first-order valence-electron chi connectivity index (χ1n) is 3.72. The van der Waals surface area contributed by atoms with Crippen LogP contribution in [0.3, 0.4) is 0 Å². The molecule has 1 aromatic rings. The minimum absolute atomic E-state index is 0.158. The zero-order valence-electron chi connectivity index (χ0n) is 6.74. The number of aromatic nitrogens is 2. The summed E-state index contributed by atoms with van der Waals surface area (Å²) in [6.07, 6.45) is -0.313. The third-order valence-corrected chi connectivity index (χ3v) is 2.02. The number of aliphatic hydroxyl groups excluding tert-OH is 1. The molecule has 1 atom stereocenters. The Kier molecular flexibility index (Phi) is 3.87. The van der Waals surface area contributed by atoms with Gasteiger partial charge in [-0.15, -0.1) is 10.2 Å². The zero-order valence-corrected chi connectivity index (χ0v) is 8.26. The molecular formula is C7H9Cl2N3O. The van der Waals surface area contributed by atoms with E-state index in [-0.39, 0.29) is 10.3 Å². The van der Waals surface area contributed by atoms with E-state index >= 15 is 0 Å². The van der Waals surface area contributed by atoms with Gasteiger partial charge < -0.3 is 10.8 Å².